The van der Waals surface area contributed by atoms with Crippen LogP contribution in [0.15, 0.2) is 35.8 Å². The first-order valence-corrected chi connectivity index (χ1v) is 9.97. The molecule has 2 aliphatic rings. The van der Waals surface area contributed by atoms with Gasteiger partial charge in [-0.15, -0.1) is 11.3 Å². The molecule has 1 aromatic heterocycles. The number of carbonyl (C=O) groups is 1. The van der Waals surface area contributed by atoms with Gasteiger partial charge in [0, 0.05) is 42.8 Å². The van der Waals surface area contributed by atoms with Crippen molar-refractivity contribution in [1.29, 1.82) is 0 Å². The fourth-order valence-electron chi connectivity index (χ4n) is 3.41. The topological polar surface area (TPSA) is 57.3 Å². The predicted molar refractivity (Wildman–Crippen MR) is 101 cm³/mol. The van der Waals surface area contributed by atoms with Gasteiger partial charge in [-0.25, -0.2) is 9.37 Å². The van der Waals surface area contributed by atoms with E-state index in [1.807, 2.05) is 17.5 Å². The van der Waals surface area contributed by atoms with Gasteiger partial charge in [-0.3, -0.25) is 9.69 Å². The Labute approximate surface area is 156 Å². The van der Waals surface area contributed by atoms with E-state index in [0.29, 0.717) is 31.0 Å². The summed E-state index contributed by atoms with van der Waals surface area (Å²) in [5.74, 6) is -0.0996. The van der Waals surface area contributed by atoms with Crippen LogP contribution in [0.25, 0.3) is 0 Å². The summed E-state index contributed by atoms with van der Waals surface area (Å²) < 4.78 is 13.9. The van der Waals surface area contributed by atoms with Crippen molar-refractivity contribution in [2.45, 2.75) is 43.8 Å². The number of carbonyl (C=O) groups excluding carboxylic acids is 1. The van der Waals surface area contributed by atoms with Crippen molar-refractivity contribution in [3.8, 4) is 0 Å². The Hall–Kier alpha value is -1.99. The molecule has 7 heteroatoms. The second-order valence-corrected chi connectivity index (χ2v) is 8.05. The van der Waals surface area contributed by atoms with Gasteiger partial charge in [0.2, 0.25) is 5.91 Å². The smallest absolute Gasteiger partial charge is 0.246 e. The van der Waals surface area contributed by atoms with Gasteiger partial charge in [-0.1, -0.05) is 18.2 Å². The van der Waals surface area contributed by atoms with Crippen LogP contribution in [-0.4, -0.2) is 40.5 Å². The number of anilines is 1. The minimum absolute atomic E-state index is 0.0701. The normalized spacial score (nSPS) is 19.9. The second kappa shape index (κ2) is 7.32. The molecule has 2 heterocycles. The maximum atomic E-state index is 13.9. The molecule has 26 heavy (non-hydrogen) atoms. The Morgan fingerprint density at radius 3 is 2.73 bits per heavy atom. The van der Waals surface area contributed by atoms with Gasteiger partial charge in [-0.2, -0.15) is 0 Å². The SMILES string of the molecule is O=C(NC1CC1)C1(Nc2nccs2)CCN(Cc2ccccc2F)CC1. The van der Waals surface area contributed by atoms with Crippen LogP contribution in [-0.2, 0) is 11.3 Å². The summed E-state index contributed by atoms with van der Waals surface area (Å²) in [5.41, 5.74) is 0.0712. The highest BCUT2D eigenvalue weighted by Crippen LogP contribution is 2.31. The van der Waals surface area contributed by atoms with Crippen molar-refractivity contribution in [1.82, 2.24) is 15.2 Å². The number of nitrogens with one attached hydrogen (secondary N) is 2. The number of nitrogens with zero attached hydrogens (tertiary/aromatic N) is 2. The monoisotopic (exact) mass is 374 g/mol. The number of benzene rings is 1. The number of piperidine rings is 1. The van der Waals surface area contributed by atoms with E-state index in [-0.39, 0.29) is 11.7 Å². The summed E-state index contributed by atoms with van der Waals surface area (Å²) >= 11 is 1.51. The number of aromatic nitrogens is 1. The average molecular weight is 374 g/mol. The van der Waals surface area contributed by atoms with E-state index in [1.54, 1.807) is 12.3 Å². The summed E-state index contributed by atoms with van der Waals surface area (Å²) in [4.78, 5) is 19.4. The fourth-order valence-corrected chi connectivity index (χ4v) is 4.04. The second-order valence-electron chi connectivity index (χ2n) is 7.16. The Balaban J connectivity index is 1.44. The highest BCUT2D eigenvalue weighted by atomic mass is 32.1. The van der Waals surface area contributed by atoms with Crippen LogP contribution >= 0.6 is 11.3 Å². The zero-order valence-corrected chi connectivity index (χ0v) is 15.4. The lowest BCUT2D eigenvalue weighted by Gasteiger charge is -2.41. The molecule has 1 saturated carbocycles. The third-order valence-electron chi connectivity index (χ3n) is 5.19. The Morgan fingerprint density at radius 1 is 1.31 bits per heavy atom. The van der Waals surface area contributed by atoms with Crippen molar-refractivity contribution in [2.75, 3.05) is 18.4 Å². The number of halogens is 1. The lowest BCUT2D eigenvalue weighted by atomic mass is 9.86. The summed E-state index contributed by atoms with van der Waals surface area (Å²) in [6.07, 6.45) is 5.24. The molecule has 1 aliphatic carbocycles. The molecule has 0 atom stereocenters. The molecule has 4 rings (SSSR count). The molecule has 1 saturated heterocycles. The first-order valence-electron chi connectivity index (χ1n) is 9.09. The maximum absolute atomic E-state index is 13.9. The molecule has 5 nitrogen and oxygen atoms in total. The average Bonchev–Trinajstić information content (AvgIpc) is 3.31. The van der Waals surface area contributed by atoms with Crippen LogP contribution in [0.3, 0.4) is 0 Å². The van der Waals surface area contributed by atoms with Crippen molar-refractivity contribution in [3.05, 3.63) is 47.2 Å². The van der Waals surface area contributed by atoms with Crippen LogP contribution in [0.2, 0.25) is 0 Å². The van der Waals surface area contributed by atoms with Crippen LogP contribution in [0.5, 0.6) is 0 Å². The van der Waals surface area contributed by atoms with E-state index in [0.717, 1.165) is 31.1 Å². The van der Waals surface area contributed by atoms with Crippen LogP contribution in [0, 0.1) is 5.82 Å². The first kappa shape index (κ1) is 17.4. The Kier molecular flexibility index (Phi) is 4.91. The summed E-state index contributed by atoms with van der Waals surface area (Å²) in [6, 6.07) is 7.22. The van der Waals surface area contributed by atoms with Crippen molar-refractivity contribution in [2.24, 2.45) is 0 Å². The molecular weight excluding hydrogens is 351 g/mol. The minimum Gasteiger partial charge on any atom is -0.351 e. The number of hydrogen-bond acceptors (Lipinski definition) is 5. The van der Waals surface area contributed by atoms with E-state index < -0.39 is 5.54 Å². The number of rotatable bonds is 6. The molecule has 2 aromatic rings. The third-order valence-corrected chi connectivity index (χ3v) is 5.88. The highest BCUT2D eigenvalue weighted by Gasteiger charge is 2.43. The van der Waals surface area contributed by atoms with Crippen LogP contribution in [0.4, 0.5) is 9.52 Å². The molecule has 0 bridgehead atoms. The zero-order valence-electron chi connectivity index (χ0n) is 14.6. The van der Waals surface area contributed by atoms with Gasteiger partial charge < -0.3 is 10.6 Å². The number of hydrogen-bond donors (Lipinski definition) is 2. The maximum Gasteiger partial charge on any atom is 0.246 e. The van der Waals surface area contributed by atoms with Crippen molar-refractivity contribution < 1.29 is 9.18 Å². The largest absolute Gasteiger partial charge is 0.351 e. The third kappa shape index (κ3) is 3.88. The molecule has 0 radical (unpaired) electrons. The van der Waals surface area contributed by atoms with E-state index >= 15 is 0 Å². The van der Waals surface area contributed by atoms with E-state index in [1.165, 1.54) is 17.4 Å². The van der Waals surface area contributed by atoms with Gasteiger partial charge in [0.15, 0.2) is 5.13 Å². The van der Waals surface area contributed by atoms with Gasteiger partial charge >= 0.3 is 0 Å². The molecular formula is C19H23FN4OS. The number of likely N-dealkylation sites (tertiary alicyclic amines) is 1. The summed E-state index contributed by atoms with van der Waals surface area (Å²) in [5, 5.41) is 9.23. The van der Waals surface area contributed by atoms with E-state index in [2.05, 4.69) is 20.5 Å². The highest BCUT2D eigenvalue weighted by molar-refractivity contribution is 7.13. The van der Waals surface area contributed by atoms with Gasteiger partial charge in [0.25, 0.3) is 0 Å². The fraction of sp³-hybridized carbons (Fsp3) is 0.474. The predicted octanol–water partition coefficient (Wildman–Crippen LogP) is 3.01. The molecule has 138 valence electrons. The first-order chi connectivity index (χ1) is 12.6. The van der Waals surface area contributed by atoms with Crippen LogP contribution in [0.1, 0.15) is 31.2 Å². The molecule has 1 aliphatic heterocycles. The number of thiazole rings is 1. The zero-order chi connectivity index (χ0) is 18.0. The Morgan fingerprint density at radius 2 is 2.08 bits per heavy atom. The molecule has 2 N–H and O–H groups in total. The molecule has 2 fully saturated rings. The lowest BCUT2D eigenvalue weighted by molar-refractivity contribution is -0.127. The van der Waals surface area contributed by atoms with E-state index in [4.69, 9.17) is 0 Å². The van der Waals surface area contributed by atoms with Gasteiger partial charge in [-0.05, 0) is 31.7 Å². The molecule has 1 aromatic carbocycles. The minimum atomic E-state index is -0.633. The molecule has 0 unspecified atom stereocenters. The molecule has 0 spiro atoms. The quantitative estimate of drug-likeness (QED) is 0.816. The molecule has 1 amide bonds. The van der Waals surface area contributed by atoms with Crippen molar-refractivity contribution >= 4 is 22.4 Å². The van der Waals surface area contributed by atoms with Gasteiger partial charge in [0.1, 0.15) is 11.4 Å². The van der Waals surface area contributed by atoms with Gasteiger partial charge in [0.05, 0.1) is 0 Å². The summed E-state index contributed by atoms with van der Waals surface area (Å²) in [7, 11) is 0. The number of amides is 1. The summed E-state index contributed by atoms with van der Waals surface area (Å²) in [6.45, 7) is 2.06. The van der Waals surface area contributed by atoms with Crippen molar-refractivity contribution in [3.63, 3.8) is 0 Å². The van der Waals surface area contributed by atoms with E-state index in [9.17, 15) is 9.18 Å². The Bertz CT molecular complexity index is 755. The van der Waals surface area contributed by atoms with Crippen LogP contribution < -0.4 is 10.6 Å². The standard InChI is InChI=1S/C19H23FN4OS/c20-16-4-2-1-3-14(16)13-24-10-7-19(8-11-24,17(25)22-15-5-6-15)23-18-21-9-12-26-18/h1-4,9,12,15H,5-8,10-11,13H2,(H,21,23)(H,22,25). The lowest BCUT2D eigenvalue weighted by Crippen LogP contribution is -2.58.